The Hall–Kier alpha value is -1.52. The fourth-order valence-corrected chi connectivity index (χ4v) is 1.09. The van der Waals surface area contributed by atoms with Gasteiger partial charge in [-0.1, -0.05) is 13.8 Å². The van der Waals surface area contributed by atoms with Crippen LogP contribution < -0.4 is 4.74 Å². The minimum Gasteiger partial charge on any atom is -0.479 e. The maximum absolute atomic E-state index is 10.6. The molecule has 0 fully saturated rings. The highest BCUT2D eigenvalue weighted by atomic mass is 16.5. The second-order valence-corrected chi connectivity index (χ2v) is 3.35. The van der Waals surface area contributed by atoms with Gasteiger partial charge in [-0.2, -0.15) is 4.98 Å². The van der Waals surface area contributed by atoms with Crippen LogP contribution in [-0.4, -0.2) is 23.2 Å². The van der Waals surface area contributed by atoms with Crippen molar-refractivity contribution in [3.8, 4) is 5.88 Å². The molecule has 1 rings (SSSR count). The molecule has 0 aliphatic heterocycles. The first-order chi connectivity index (χ1) is 6.54. The van der Waals surface area contributed by atoms with Crippen molar-refractivity contribution in [3.05, 3.63) is 11.7 Å². The summed E-state index contributed by atoms with van der Waals surface area (Å²) in [6, 6.07) is 0. The minimum atomic E-state index is -1.18. The number of carboxylic acids is 1. The molecule has 0 amide bonds. The normalized spacial score (nSPS) is 10.6. The number of hydrogen-bond acceptors (Lipinski definition) is 4. The lowest BCUT2D eigenvalue weighted by Gasteiger charge is -2.01. The van der Waals surface area contributed by atoms with Crippen molar-refractivity contribution in [2.24, 2.45) is 5.92 Å². The van der Waals surface area contributed by atoms with E-state index in [9.17, 15) is 4.79 Å². The molecule has 5 nitrogen and oxygen atoms in total. The van der Waals surface area contributed by atoms with Gasteiger partial charge in [0.15, 0.2) is 5.76 Å². The summed E-state index contributed by atoms with van der Waals surface area (Å²) < 4.78 is 9.95. The lowest BCUT2D eigenvalue weighted by molar-refractivity contribution is 0.0651. The van der Waals surface area contributed by atoms with E-state index in [1.807, 2.05) is 13.8 Å². The van der Waals surface area contributed by atoms with Crippen LogP contribution in [0.2, 0.25) is 0 Å². The Labute approximate surface area is 81.7 Å². The van der Waals surface area contributed by atoms with E-state index < -0.39 is 5.97 Å². The standard InChI is InChI=1S/C9H13NO4/c1-5(2)4-6-7(13-3)10-8(14-6)9(11)12/h5H,4H2,1-3H3,(H,11,12). The van der Waals surface area contributed by atoms with Crippen molar-refractivity contribution < 1.29 is 19.1 Å². The van der Waals surface area contributed by atoms with Crippen LogP contribution >= 0.6 is 0 Å². The molecule has 0 aromatic carbocycles. The van der Waals surface area contributed by atoms with Crippen LogP contribution in [0.3, 0.4) is 0 Å². The fraction of sp³-hybridized carbons (Fsp3) is 0.556. The van der Waals surface area contributed by atoms with E-state index in [4.69, 9.17) is 14.3 Å². The van der Waals surface area contributed by atoms with Crippen molar-refractivity contribution >= 4 is 5.97 Å². The summed E-state index contributed by atoms with van der Waals surface area (Å²) in [6.45, 7) is 4.00. The molecule has 0 radical (unpaired) electrons. The van der Waals surface area contributed by atoms with Crippen molar-refractivity contribution in [3.63, 3.8) is 0 Å². The van der Waals surface area contributed by atoms with Gasteiger partial charge in [-0.05, 0) is 5.92 Å². The zero-order chi connectivity index (χ0) is 10.7. The maximum Gasteiger partial charge on any atom is 0.392 e. The van der Waals surface area contributed by atoms with E-state index in [2.05, 4.69) is 4.98 Å². The SMILES string of the molecule is COc1nc(C(=O)O)oc1CC(C)C. The lowest BCUT2D eigenvalue weighted by atomic mass is 10.1. The molecule has 0 aliphatic rings. The van der Waals surface area contributed by atoms with Crippen LogP contribution in [0.15, 0.2) is 4.42 Å². The average molecular weight is 199 g/mol. The van der Waals surface area contributed by atoms with Gasteiger partial charge in [-0.15, -0.1) is 0 Å². The summed E-state index contributed by atoms with van der Waals surface area (Å²) in [5.74, 6) is -0.398. The molecule has 0 aliphatic carbocycles. The van der Waals surface area contributed by atoms with Gasteiger partial charge in [-0.3, -0.25) is 0 Å². The second kappa shape index (κ2) is 4.13. The number of carboxylic acid groups (broad SMARTS) is 1. The van der Waals surface area contributed by atoms with Crippen molar-refractivity contribution in [2.45, 2.75) is 20.3 Å². The molecular formula is C9H13NO4. The summed E-state index contributed by atoms with van der Waals surface area (Å²) in [5, 5.41) is 8.64. The van der Waals surface area contributed by atoms with E-state index in [1.165, 1.54) is 7.11 Å². The van der Waals surface area contributed by atoms with Crippen LogP contribution in [0.1, 0.15) is 30.3 Å². The van der Waals surface area contributed by atoms with Gasteiger partial charge in [0.2, 0.25) is 0 Å². The molecule has 0 atom stereocenters. The number of carbonyl (C=O) groups is 1. The van der Waals surface area contributed by atoms with Gasteiger partial charge in [0, 0.05) is 6.42 Å². The van der Waals surface area contributed by atoms with Crippen LogP contribution in [0.25, 0.3) is 0 Å². The maximum atomic E-state index is 10.6. The number of hydrogen-bond donors (Lipinski definition) is 1. The van der Waals surface area contributed by atoms with Crippen LogP contribution in [0.4, 0.5) is 0 Å². The van der Waals surface area contributed by atoms with E-state index in [-0.39, 0.29) is 11.8 Å². The third-order valence-corrected chi connectivity index (χ3v) is 1.63. The number of methoxy groups -OCH3 is 1. The molecule has 0 bridgehead atoms. The Bertz CT molecular complexity index is 330. The Balaban J connectivity index is 2.96. The molecule has 78 valence electrons. The second-order valence-electron chi connectivity index (χ2n) is 3.35. The fourth-order valence-electron chi connectivity index (χ4n) is 1.09. The summed E-state index contributed by atoms with van der Waals surface area (Å²) in [7, 11) is 1.44. The summed E-state index contributed by atoms with van der Waals surface area (Å²) >= 11 is 0. The van der Waals surface area contributed by atoms with Crippen molar-refractivity contribution in [2.75, 3.05) is 7.11 Å². The molecule has 0 spiro atoms. The highest BCUT2D eigenvalue weighted by Gasteiger charge is 2.19. The van der Waals surface area contributed by atoms with Crippen LogP contribution in [0.5, 0.6) is 5.88 Å². The molecule has 0 saturated heterocycles. The lowest BCUT2D eigenvalue weighted by Crippen LogP contribution is -1.95. The molecule has 1 heterocycles. The van der Waals surface area contributed by atoms with E-state index in [1.54, 1.807) is 0 Å². The molecule has 1 N–H and O–H groups in total. The molecule has 1 aromatic rings. The first-order valence-corrected chi connectivity index (χ1v) is 4.31. The molecule has 0 saturated carbocycles. The van der Waals surface area contributed by atoms with Crippen molar-refractivity contribution in [1.29, 1.82) is 0 Å². The van der Waals surface area contributed by atoms with E-state index in [0.717, 1.165) is 0 Å². The first kappa shape index (κ1) is 10.6. The average Bonchev–Trinajstić information content (AvgIpc) is 2.46. The van der Waals surface area contributed by atoms with Gasteiger partial charge >= 0.3 is 11.9 Å². The predicted molar refractivity (Wildman–Crippen MR) is 48.6 cm³/mol. The van der Waals surface area contributed by atoms with E-state index >= 15 is 0 Å². The Kier molecular flexibility index (Phi) is 3.11. The smallest absolute Gasteiger partial charge is 0.392 e. The highest BCUT2D eigenvalue weighted by molar-refractivity contribution is 5.82. The first-order valence-electron chi connectivity index (χ1n) is 4.31. The summed E-state index contributed by atoms with van der Waals surface area (Å²) in [6.07, 6.45) is 0.615. The molecule has 14 heavy (non-hydrogen) atoms. The Morgan fingerprint density at radius 1 is 1.64 bits per heavy atom. The minimum absolute atomic E-state index is 0.260. The number of oxazole rings is 1. The monoisotopic (exact) mass is 199 g/mol. The van der Waals surface area contributed by atoms with Crippen LogP contribution in [0, 0.1) is 5.92 Å². The number of ether oxygens (including phenoxy) is 1. The molecule has 5 heteroatoms. The van der Waals surface area contributed by atoms with Gasteiger partial charge in [0.05, 0.1) is 7.11 Å². The zero-order valence-electron chi connectivity index (χ0n) is 8.40. The summed E-state index contributed by atoms with van der Waals surface area (Å²) in [4.78, 5) is 14.2. The Morgan fingerprint density at radius 2 is 2.29 bits per heavy atom. The number of nitrogens with zero attached hydrogens (tertiary/aromatic N) is 1. The molecular weight excluding hydrogens is 186 g/mol. The van der Waals surface area contributed by atoms with Gasteiger partial charge in [0.1, 0.15) is 0 Å². The topological polar surface area (TPSA) is 72.6 Å². The predicted octanol–water partition coefficient (Wildman–Crippen LogP) is 1.58. The Morgan fingerprint density at radius 3 is 2.71 bits per heavy atom. The quantitative estimate of drug-likeness (QED) is 0.796. The zero-order valence-corrected chi connectivity index (χ0v) is 8.40. The third-order valence-electron chi connectivity index (χ3n) is 1.63. The van der Waals surface area contributed by atoms with Gasteiger partial charge in [0.25, 0.3) is 5.88 Å². The number of aromatic carboxylic acids is 1. The largest absolute Gasteiger partial charge is 0.479 e. The summed E-state index contributed by atoms with van der Waals surface area (Å²) in [5.41, 5.74) is 0. The molecule has 1 aromatic heterocycles. The third kappa shape index (κ3) is 2.25. The highest BCUT2D eigenvalue weighted by Crippen LogP contribution is 2.21. The number of aromatic nitrogens is 1. The van der Waals surface area contributed by atoms with Gasteiger partial charge in [-0.25, -0.2) is 4.79 Å². The number of rotatable bonds is 4. The van der Waals surface area contributed by atoms with Gasteiger partial charge < -0.3 is 14.3 Å². The van der Waals surface area contributed by atoms with Crippen LogP contribution in [-0.2, 0) is 6.42 Å². The van der Waals surface area contributed by atoms with Crippen molar-refractivity contribution in [1.82, 2.24) is 4.98 Å². The molecule has 0 unspecified atom stereocenters. The van der Waals surface area contributed by atoms with E-state index in [0.29, 0.717) is 18.1 Å².